The lowest BCUT2D eigenvalue weighted by molar-refractivity contribution is 0.465. The van der Waals surface area contributed by atoms with E-state index >= 15 is 0 Å². The van der Waals surface area contributed by atoms with Crippen molar-refractivity contribution in [2.24, 2.45) is 4.99 Å². The maximum Gasteiger partial charge on any atom is 0.194 e. The maximum atomic E-state index is 4.69. The SMILES string of the molecule is CCCCN(C)C(=NCc1ccc(C)s1)NCC. The summed E-state index contributed by atoms with van der Waals surface area (Å²) in [7, 11) is 2.11. The second-order valence-corrected chi connectivity index (χ2v) is 5.83. The summed E-state index contributed by atoms with van der Waals surface area (Å²) in [5.74, 6) is 1.01. The smallest absolute Gasteiger partial charge is 0.194 e. The summed E-state index contributed by atoms with van der Waals surface area (Å²) in [6.07, 6.45) is 2.42. The highest BCUT2D eigenvalue weighted by molar-refractivity contribution is 7.11. The fraction of sp³-hybridized carbons (Fsp3) is 0.643. The molecule has 0 atom stereocenters. The van der Waals surface area contributed by atoms with Crippen molar-refractivity contribution >= 4 is 17.3 Å². The zero-order chi connectivity index (χ0) is 13.4. The van der Waals surface area contributed by atoms with Gasteiger partial charge in [0, 0.05) is 29.9 Å². The second-order valence-electron chi connectivity index (χ2n) is 4.46. The van der Waals surface area contributed by atoms with Crippen LogP contribution in [0.2, 0.25) is 0 Å². The van der Waals surface area contributed by atoms with E-state index in [2.05, 4.69) is 50.2 Å². The molecule has 0 aliphatic heterocycles. The van der Waals surface area contributed by atoms with E-state index < -0.39 is 0 Å². The van der Waals surface area contributed by atoms with Gasteiger partial charge in [-0.1, -0.05) is 13.3 Å². The predicted octanol–water partition coefficient (Wildman–Crippen LogP) is 3.25. The Kier molecular flexibility index (Phi) is 6.80. The van der Waals surface area contributed by atoms with Crippen molar-refractivity contribution in [1.29, 1.82) is 0 Å². The van der Waals surface area contributed by atoms with Gasteiger partial charge in [-0.3, -0.25) is 0 Å². The first-order valence-electron chi connectivity index (χ1n) is 6.72. The topological polar surface area (TPSA) is 27.6 Å². The number of aliphatic imine (C=N–C) groups is 1. The molecule has 1 aromatic heterocycles. The molecular formula is C14H25N3S. The van der Waals surface area contributed by atoms with Crippen LogP contribution in [0.3, 0.4) is 0 Å². The van der Waals surface area contributed by atoms with E-state index in [1.165, 1.54) is 22.6 Å². The fourth-order valence-corrected chi connectivity index (χ4v) is 2.51. The molecule has 0 aliphatic carbocycles. The molecule has 18 heavy (non-hydrogen) atoms. The summed E-state index contributed by atoms with van der Waals surface area (Å²) in [6, 6.07) is 4.32. The highest BCUT2D eigenvalue weighted by Gasteiger charge is 2.04. The largest absolute Gasteiger partial charge is 0.357 e. The van der Waals surface area contributed by atoms with E-state index in [-0.39, 0.29) is 0 Å². The van der Waals surface area contributed by atoms with E-state index in [0.717, 1.165) is 25.6 Å². The first kappa shape index (κ1) is 15.0. The Bertz CT molecular complexity index is 371. The minimum absolute atomic E-state index is 0.775. The van der Waals surface area contributed by atoms with Gasteiger partial charge < -0.3 is 10.2 Å². The van der Waals surface area contributed by atoms with Gasteiger partial charge in [-0.05, 0) is 32.4 Å². The molecule has 1 aromatic rings. The van der Waals surface area contributed by atoms with Crippen molar-refractivity contribution in [2.45, 2.75) is 40.2 Å². The Morgan fingerprint density at radius 1 is 1.39 bits per heavy atom. The molecule has 0 amide bonds. The standard InChI is InChI=1S/C14H25N3S/c1-5-7-10-17(4)14(15-6-2)16-11-13-9-8-12(3)18-13/h8-9H,5-7,10-11H2,1-4H3,(H,15,16). The average molecular weight is 267 g/mol. The molecule has 0 spiro atoms. The van der Waals surface area contributed by atoms with Crippen molar-refractivity contribution in [3.05, 3.63) is 21.9 Å². The van der Waals surface area contributed by atoms with Crippen LogP contribution >= 0.6 is 11.3 Å². The van der Waals surface area contributed by atoms with Crippen LogP contribution in [0, 0.1) is 6.92 Å². The number of hydrogen-bond donors (Lipinski definition) is 1. The van der Waals surface area contributed by atoms with Crippen molar-refractivity contribution in [3.8, 4) is 0 Å². The molecule has 1 rings (SSSR count). The van der Waals surface area contributed by atoms with Gasteiger partial charge in [-0.2, -0.15) is 0 Å². The monoisotopic (exact) mass is 267 g/mol. The summed E-state index contributed by atoms with van der Waals surface area (Å²) in [5.41, 5.74) is 0. The fourth-order valence-electron chi connectivity index (χ4n) is 1.69. The second kappa shape index (κ2) is 8.14. The van der Waals surface area contributed by atoms with Crippen LogP contribution in [0.1, 0.15) is 36.4 Å². The van der Waals surface area contributed by atoms with Gasteiger partial charge >= 0.3 is 0 Å². The van der Waals surface area contributed by atoms with Crippen LogP contribution in [-0.4, -0.2) is 31.0 Å². The number of nitrogens with zero attached hydrogens (tertiary/aromatic N) is 2. The highest BCUT2D eigenvalue weighted by Crippen LogP contribution is 2.15. The predicted molar refractivity (Wildman–Crippen MR) is 81.4 cm³/mol. The van der Waals surface area contributed by atoms with Crippen LogP contribution in [-0.2, 0) is 6.54 Å². The molecular weight excluding hydrogens is 242 g/mol. The molecule has 0 radical (unpaired) electrons. The van der Waals surface area contributed by atoms with E-state index in [9.17, 15) is 0 Å². The molecule has 3 nitrogen and oxygen atoms in total. The molecule has 4 heteroatoms. The molecule has 0 aromatic carbocycles. The minimum atomic E-state index is 0.775. The van der Waals surface area contributed by atoms with Crippen LogP contribution < -0.4 is 5.32 Å². The molecule has 0 bridgehead atoms. The van der Waals surface area contributed by atoms with Gasteiger partial charge in [0.25, 0.3) is 0 Å². The lowest BCUT2D eigenvalue weighted by Gasteiger charge is -2.21. The van der Waals surface area contributed by atoms with Crippen LogP contribution in [0.5, 0.6) is 0 Å². The van der Waals surface area contributed by atoms with Crippen molar-refractivity contribution in [1.82, 2.24) is 10.2 Å². The Morgan fingerprint density at radius 3 is 2.72 bits per heavy atom. The average Bonchev–Trinajstić information content (AvgIpc) is 2.77. The number of nitrogens with one attached hydrogen (secondary N) is 1. The molecule has 0 fully saturated rings. The summed E-state index contributed by atoms with van der Waals surface area (Å²) in [6.45, 7) is 9.21. The quantitative estimate of drug-likeness (QED) is 0.633. The summed E-state index contributed by atoms with van der Waals surface area (Å²) < 4.78 is 0. The van der Waals surface area contributed by atoms with Gasteiger partial charge in [-0.15, -0.1) is 11.3 Å². The number of rotatable bonds is 6. The van der Waals surface area contributed by atoms with E-state index in [4.69, 9.17) is 4.99 Å². The summed E-state index contributed by atoms with van der Waals surface area (Å²) in [5, 5.41) is 3.35. The minimum Gasteiger partial charge on any atom is -0.357 e. The van der Waals surface area contributed by atoms with Crippen LogP contribution in [0.15, 0.2) is 17.1 Å². The first-order valence-corrected chi connectivity index (χ1v) is 7.53. The van der Waals surface area contributed by atoms with Crippen LogP contribution in [0.25, 0.3) is 0 Å². The Balaban J connectivity index is 2.59. The molecule has 102 valence electrons. The van der Waals surface area contributed by atoms with Gasteiger partial charge in [0.15, 0.2) is 5.96 Å². The number of guanidine groups is 1. The Morgan fingerprint density at radius 2 is 2.17 bits per heavy atom. The van der Waals surface area contributed by atoms with Gasteiger partial charge in [0.1, 0.15) is 0 Å². The van der Waals surface area contributed by atoms with Crippen molar-refractivity contribution < 1.29 is 0 Å². The third-order valence-corrected chi connectivity index (χ3v) is 3.71. The third-order valence-electron chi connectivity index (χ3n) is 2.72. The highest BCUT2D eigenvalue weighted by atomic mass is 32.1. The number of unbranched alkanes of at least 4 members (excludes halogenated alkanes) is 1. The molecule has 0 saturated carbocycles. The lowest BCUT2D eigenvalue weighted by atomic mass is 10.3. The molecule has 1 heterocycles. The lowest BCUT2D eigenvalue weighted by Crippen LogP contribution is -2.39. The van der Waals surface area contributed by atoms with Crippen molar-refractivity contribution in [3.63, 3.8) is 0 Å². The summed E-state index contributed by atoms with van der Waals surface area (Å²) >= 11 is 1.82. The molecule has 1 N–H and O–H groups in total. The Hall–Kier alpha value is -1.03. The Labute approximate surface area is 115 Å². The summed E-state index contributed by atoms with van der Waals surface area (Å²) in [4.78, 5) is 9.58. The van der Waals surface area contributed by atoms with Crippen LogP contribution in [0.4, 0.5) is 0 Å². The normalized spacial score (nSPS) is 11.7. The zero-order valence-corrected chi connectivity index (χ0v) is 12.8. The number of aryl methyl sites for hydroxylation is 1. The van der Waals surface area contributed by atoms with Crippen molar-refractivity contribution in [2.75, 3.05) is 20.1 Å². The third kappa shape index (κ3) is 5.08. The van der Waals surface area contributed by atoms with Gasteiger partial charge in [0.05, 0.1) is 6.54 Å². The number of hydrogen-bond acceptors (Lipinski definition) is 2. The molecule has 0 saturated heterocycles. The van der Waals surface area contributed by atoms with E-state index in [0.29, 0.717) is 0 Å². The zero-order valence-electron chi connectivity index (χ0n) is 12.0. The van der Waals surface area contributed by atoms with Gasteiger partial charge in [-0.25, -0.2) is 4.99 Å². The first-order chi connectivity index (χ1) is 8.67. The van der Waals surface area contributed by atoms with E-state index in [1.54, 1.807) is 0 Å². The molecule has 0 aliphatic rings. The van der Waals surface area contributed by atoms with Gasteiger partial charge in [0.2, 0.25) is 0 Å². The number of thiophene rings is 1. The maximum absolute atomic E-state index is 4.69. The van der Waals surface area contributed by atoms with E-state index in [1.807, 2.05) is 11.3 Å². The molecule has 0 unspecified atom stereocenters.